The summed E-state index contributed by atoms with van der Waals surface area (Å²) in [6, 6.07) is 6.69. The molecule has 21 heavy (non-hydrogen) atoms. The first-order chi connectivity index (χ1) is 9.84. The molecule has 0 aliphatic heterocycles. The van der Waals surface area contributed by atoms with Crippen LogP contribution in [-0.4, -0.2) is 33.0 Å². The first kappa shape index (κ1) is 17.9. The van der Waals surface area contributed by atoms with Crippen molar-refractivity contribution in [1.29, 1.82) is 0 Å². The maximum absolute atomic E-state index is 12.1. The Morgan fingerprint density at radius 1 is 1.29 bits per heavy atom. The van der Waals surface area contributed by atoms with Gasteiger partial charge in [0, 0.05) is 0 Å². The summed E-state index contributed by atoms with van der Waals surface area (Å²) in [5.74, 6) is 0.397. The molecule has 1 aromatic carbocycles. The van der Waals surface area contributed by atoms with Crippen LogP contribution in [-0.2, 0) is 9.84 Å². The number of sulfone groups is 1. The first-order valence-electron chi connectivity index (χ1n) is 7.05. The summed E-state index contributed by atoms with van der Waals surface area (Å²) in [4.78, 5) is 0. The second-order valence-electron chi connectivity index (χ2n) is 5.14. The lowest BCUT2D eigenvalue weighted by molar-refractivity contribution is 0.0818. The Bertz CT molecular complexity index is 529. The van der Waals surface area contributed by atoms with E-state index >= 15 is 0 Å². The average Bonchev–Trinajstić information content (AvgIpc) is 2.43. The van der Waals surface area contributed by atoms with E-state index in [2.05, 4.69) is 0 Å². The monoisotopic (exact) mass is 320 g/mol. The summed E-state index contributed by atoms with van der Waals surface area (Å²) >= 11 is 0. The number of halogens is 2. The molecule has 0 fully saturated rings. The van der Waals surface area contributed by atoms with E-state index in [0.29, 0.717) is 12.2 Å². The average molecular weight is 320 g/mol. The molecule has 0 N–H and O–H groups in total. The van der Waals surface area contributed by atoms with E-state index in [9.17, 15) is 17.2 Å². The van der Waals surface area contributed by atoms with Gasteiger partial charge >= 0.3 is 0 Å². The van der Waals surface area contributed by atoms with E-state index in [1.807, 2.05) is 13.8 Å². The molecule has 0 heterocycles. The van der Waals surface area contributed by atoms with Gasteiger partial charge in [-0.1, -0.05) is 32.4 Å². The van der Waals surface area contributed by atoms with Crippen LogP contribution in [0.5, 0.6) is 5.75 Å². The highest BCUT2D eigenvalue weighted by molar-refractivity contribution is 7.91. The molecule has 3 nitrogen and oxygen atoms in total. The van der Waals surface area contributed by atoms with E-state index in [0.717, 1.165) is 12.0 Å². The van der Waals surface area contributed by atoms with Gasteiger partial charge in [0.1, 0.15) is 12.4 Å². The smallest absolute Gasteiger partial charge is 0.272 e. The molecule has 0 aromatic heterocycles. The van der Waals surface area contributed by atoms with Crippen LogP contribution in [0.3, 0.4) is 0 Å². The summed E-state index contributed by atoms with van der Waals surface area (Å²) in [6.45, 7) is 3.10. The van der Waals surface area contributed by atoms with Gasteiger partial charge in [0.2, 0.25) is 0 Å². The highest BCUT2D eigenvalue weighted by atomic mass is 32.2. The van der Waals surface area contributed by atoms with Gasteiger partial charge in [-0.05, 0) is 30.0 Å². The van der Waals surface area contributed by atoms with Gasteiger partial charge in [-0.15, -0.1) is 0 Å². The summed E-state index contributed by atoms with van der Waals surface area (Å²) < 4.78 is 53.1. The van der Waals surface area contributed by atoms with Gasteiger partial charge in [-0.2, -0.15) is 0 Å². The van der Waals surface area contributed by atoms with E-state index < -0.39 is 22.9 Å². The molecule has 1 atom stereocenters. The van der Waals surface area contributed by atoms with Gasteiger partial charge in [0.25, 0.3) is 6.43 Å². The zero-order valence-electron chi connectivity index (χ0n) is 12.4. The van der Waals surface area contributed by atoms with Crippen molar-refractivity contribution in [3.63, 3.8) is 0 Å². The molecule has 0 bridgehead atoms. The van der Waals surface area contributed by atoms with E-state index in [4.69, 9.17) is 4.74 Å². The van der Waals surface area contributed by atoms with Crippen LogP contribution in [0.25, 0.3) is 0 Å². The lowest BCUT2D eigenvalue weighted by Crippen LogP contribution is -2.16. The fourth-order valence-electron chi connectivity index (χ4n) is 1.99. The Balaban J connectivity index is 2.69. The van der Waals surface area contributed by atoms with Crippen molar-refractivity contribution in [2.24, 2.45) is 0 Å². The van der Waals surface area contributed by atoms with Crippen LogP contribution in [0.15, 0.2) is 24.3 Å². The van der Waals surface area contributed by atoms with Crippen molar-refractivity contribution >= 4 is 9.84 Å². The second-order valence-corrected chi connectivity index (χ2v) is 7.37. The SMILES string of the molecule is CCCCS(=O)(=O)C[C@H](C)c1cccc(OCC(F)F)c1. The Morgan fingerprint density at radius 2 is 2.00 bits per heavy atom. The minimum Gasteiger partial charge on any atom is -0.488 e. The molecule has 0 amide bonds. The summed E-state index contributed by atoms with van der Waals surface area (Å²) in [7, 11) is -3.09. The van der Waals surface area contributed by atoms with Gasteiger partial charge in [0.15, 0.2) is 9.84 Å². The number of unbranched alkanes of at least 4 members (excludes halogenated alkanes) is 1. The predicted octanol–water partition coefficient (Wildman–Crippen LogP) is 3.65. The molecule has 6 heteroatoms. The molecule has 1 rings (SSSR count). The zero-order valence-corrected chi connectivity index (χ0v) is 13.2. The van der Waals surface area contributed by atoms with Crippen LogP contribution in [0.1, 0.15) is 38.2 Å². The molecule has 0 saturated heterocycles. The van der Waals surface area contributed by atoms with Crippen molar-refractivity contribution in [2.75, 3.05) is 18.1 Å². The Kier molecular flexibility index (Phi) is 7.08. The highest BCUT2D eigenvalue weighted by Gasteiger charge is 2.17. The molecular weight excluding hydrogens is 298 g/mol. The fourth-order valence-corrected chi connectivity index (χ4v) is 3.84. The van der Waals surface area contributed by atoms with Gasteiger partial charge in [0.05, 0.1) is 11.5 Å². The number of benzene rings is 1. The van der Waals surface area contributed by atoms with E-state index in [1.165, 1.54) is 0 Å². The predicted molar refractivity (Wildman–Crippen MR) is 79.9 cm³/mol. The number of rotatable bonds is 9. The highest BCUT2D eigenvalue weighted by Crippen LogP contribution is 2.23. The molecule has 0 radical (unpaired) electrons. The number of ether oxygens (including phenoxy) is 1. The Hall–Kier alpha value is -1.17. The maximum atomic E-state index is 12.1. The van der Waals surface area contributed by atoms with Crippen molar-refractivity contribution in [2.45, 2.75) is 39.0 Å². The van der Waals surface area contributed by atoms with E-state index in [1.54, 1.807) is 24.3 Å². The maximum Gasteiger partial charge on any atom is 0.272 e. The van der Waals surface area contributed by atoms with Crippen LogP contribution in [0.4, 0.5) is 8.78 Å². The number of hydrogen-bond donors (Lipinski definition) is 0. The third-order valence-corrected chi connectivity index (χ3v) is 5.03. The first-order valence-corrected chi connectivity index (χ1v) is 8.87. The zero-order chi connectivity index (χ0) is 15.9. The minimum absolute atomic E-state index is 0.0608. The molecule has 0 unspecified atom stereocenters. The molecule has 1 aromatic rings. The standard InChI is InChI=1S/C15H22F2O3S/c1-3-4-8-21(18,19)11-12(2)13-6-5-7-14(9-13)20-10-15(16)17/h5-7,9,12,15H,3-4,8,10-11H2,1-2H3/t12-/m0/s1. The van der Waals surface area contributed by atoms with Gasteiger partial charge < -0.3 is 4.74 Å². The molecule has 0 spiro atoms. The fraction of sp³-hybridized carbons (Fsp3) is 0.600. The summed E-state index contributed by atoms with van der Waals surface area (Å²) in [6.07, 6.45) is -1.03. The number of alkyl halides is 2. The van der Waals surface area contributed by atoms with Crippen molar-refractivity contribution < 1.29 is 21.9 Å². The van der Waals surface area contributed by atoms with E-state index in [-0.39, 0.29) is 17.4 Å². The lowest BCUT2D eigenvalue weighted by Gasteiger charge is -2.14. The molecule has 0 aliphatic rings. The van der Waals surface area contributed by atoms with Crippen LogP contribution < -0.4 is 4.74 Å². The van der Waals surface area contributed by atoms with Crippen molar-refractivity contribution in [1.82, 2.24) is 0 Å². The molecule has 0 saturated carbocycles. The minimum atomic E-state index is -3.09. The van der Waals surface area contributed by atoms with Crippen LogP contribution in [0, 0.1) is 0 Å². The Labute approximate surface area is 125 Å². The largest absolute Gasteiger partial charge is 0.488 e. The number of hydrogen-bond acceptors (Lipinski definition) is 3. The van der Waals surface area contributed by atoms with Gasteiger partial charge in [-0.3, -0.25) is 0 Å². The van der Waals surface area contributed by atoms with Crippen LogP contribution >= 0.6 is 0 Å². The van der Waals surface area contributed by atoms with Gasteiger partial charge in [-0.25, -0.2) is 17.2 Å². The summed E-state index contributed by atoms with van der Waals surface area (Å²) in [5.41, 5.74) is 0.779. The third-order valence-electron chi connectivity index (χ3n) is 3.12. The molecule has 120 valence electrons. The third kappa shape index (κ3) is 6.89. The molecule has 0 aliphatic carbocycles. The summed E-state index contributed by atoms with van der Waals surface area (Å²) in [5, 5.41) is 0. The Morgan fingerprint density at radius 3 is 2.62 bits per heavy atom. The van der Waals surface area contributed by atoms with Crippen molar-refractivity contribution in [3.8, 4) is 5.75 Å². The normalized spacial score (nSPS) is 13.4. The van der Waals surface area contributed by atoms with Crippen LogP contribution in [0.2, 0.25) is 0 Å². The lowest BCUT2D eigenvalue weighted by atomic mass is 10.0. The topological polar surface area (TPSA) is 43.4 Å². The van der Waals surface area contributed by atoms with Crippen molar-refractivity contribution in [3.05, 3.63) is 29.8 Å². The molecular formula is C15H22F2O3S. The second kappa shape index (κ2) is 8.32. The quantitative estimate of drug-likeness (QED) is 0.697.